The Bertz CT molecular complexity index is 756. The molecule has 0 saturated carbocycles. The van der Waals surface area contributed by atoms with E-state index in [0.29, 0.717) is 11.1 Å². The predicted molar refractivity (Wildman–Crippen MR) is 90.0 cm³/mol. The smallest absolute Gasteiger partial charge is 0.101 e. The van der Waals surface area contributed by atoms with Crippen LogP contribution in [-0.2, 0) is 0 Å². The fourth-order valence-corrected chi connectivity index (χ4v) is 2.79. The number of hydrogen-bond acceptors (Lipinski definition) is 2. The van der Waals surface area contributed by atoms with E-state index in [1.807, 2.05) is 40.7 Å². The van der Waals surface area contributed by atoms with E-state index in [0.717, 1.165) is 39.5 Å². The van der Waals surface area contributed by atoms with Crippen LogP contribution in [0.4, 0.5) is 0 Å². The second-order valence-corrected chi connectivity index (χ2v) is 5.18. The first-order valence-electron chi connectivity index (χ1n) is 6.81. The van der Waals surface area contributed by atoms with Crippen molar-refractivity contribution in [1.82, 2.24) is 9.97 Å². The summed E-state index contributed by atoms with van der Waals surface area (Å²) >= 11 is 0. The second kappa shape index (κ2) is 6.56. The molecule has 22 heavy (non-hydrogen) atoms. The van der Waals surface area contributed by atoms with Crippen molar-refractivity contribution in [2.75, 3.05) is 0 Å². The summed E-state index contributed by atoms with van der Waals surface area (Å²) in [5.74, 6) is 0. The van der Waals surface area contributed by atoms with Gasteiger partial charge in [-0.15, -0.1) is 12.4 Å². The molecule has 0 aliphatic carbocycles. The summed E-state index contributed by atoms with van der Waals surface area (Å²) < 4.78 is 0. The average Bonchev–Trinajstić information content (AvgIpc) is 2.89. The van der Waals surface area contributed by atoms with E-state index in [9.17, 15) is 10.5 Å². The number of aromatic amines is 2. The van der Waals surface area contributed by atoms with Crippen LogP contribution in [0.3, 0.4) is 0 Å². The fraction of sp³-hybridized carbons (Fsp3) is 0.294. The monoisotopic (exact) mass is 314 g/mol. The number of halogens is 1. The van der Waals surface area contributed by atoms with Crippen molar-refractivity contribution in [3.8, 4) is 12.1 Å². The van der Waals surface area contributed by atoms with E-state index in [-0.39, 0.29) is 12.4 Å². The molecular weight excluding hydrogens is 296 g/mol. The second-order valence-electron chi connectivity index (χ2n) is 5.18. The molecule has 2 aromatic rings. The number of aromatic nitrogens is 2. The van der Waals surface area contributed by atoms with Crippen LogP contribution in [0.25, 0.3) is 5.57 Å². The summed E-state index contributed by atoms with van der Waals surface area (Å²) in [5.41, 5.74) is 7.83. The van der Waals surface area contributed by atoms with Crippen LogP contribution in [-0.4, -0.2) is 9.97 Å². The lowest BCUT2D eigenvalue weighted by Gasteiger charge is -2.07. The highest BCUT2D eigenvalue weighted by atomic mass is 35.5. The van der Waals surface area contributed by atoms with E-state index in [1.165, 1.54) is 0 Å². The van der Waals surface area contributed by atoms with Gasteiger partial charge >= 0.3 is 0 Å². The maximum Gasteiger partial charge on any atom is 0.101 e. The Balaban J connectivity index is 0.00000242. The van der Waals surface area contributed by atoms with E-state index in [4.69, 9.17) is 0 Å². The Kier molecular flexibility index (Phi) is 5.25. The molecule has 4 nitrogen and oxygen atoms in total. The SMILES string of the molecule is CC=C(c1[nH]c(C)c(C#N)c1C)c1[nH]c(C)c(C#N)c1C.Cl. The lowest BCUT2D eigenvalue weighted by Crippen LogP contribution is -1.94. The van der Waals surface area contributed by atoms with E-state index in [1.54, 1.807) is 0 Å². The Morgan fingerprint density at radius 1 is 0.864 bits per heavy atom. The van der Waals surface area contributed by atoms with Crippen LogP contribution in [0.2, 0.25) is 0 Å². The average molecular weight is 315 g/mol. The van der Waals surface area contributed by atoms with Gasteiger partial charge in [-0.1, -0.05) is 6.08 Å². The minimum atomic E-state index is 0. The molecule has 2 rings (SSSR count). The van der Waals surface area contributed by atoms with Gasteiger partial charge in [-0.3, -0.25) is 0 Å². The zero-order valence-electron chi connectivity index (χ0n) is 13.4. The molecule has 0 aromatic carbocycles. The normalized spacial score (nSPS) is 9.59. The van der Waals surface area contributed by atoms with Crippen molar-refractivity contribution in [3.63, 3.8) is 0 Å². The van der Waals surface area contributed by atoms with Gasteiger partial charge in [-0.2, -0.15) is 10.5 Å². The molecule has 0 fully saturated rings. The van der Waals surface area contributed by atoms with Gasteiger partial charge in [0.25, 0.3) is 0 Å². The van der Waals surface area contributed by atoms with Gasteiger partial charge in [-0.25, -0.2) is 0 Å². The van der Waals surface area contributed by atoms with Crippen molar-refractivity contribution >= 4 is 18.0 Å². The maximum absolute atomic E-state index is 9.24. The van der Waals surface area contributed by atoms with Crippen molar-refractivity contribution in [2.24, 2.45) is 0 Å². The van der Waals surface area contributed by atoms with E-state index >= 15 is 0 Å². The molecule has 0 radical (unpaired) electrons. The number of hydrogen-bond donors (Lipinski definition) is 2. The van der Waals surface area contributed by atoms with Gasteiger partial charge in [0.05, 0.1) is 22.5 Å². The zero-order chi connectivity index (χ0) is 15.7. The molecule has 0 unspecified atom stereocenters. The third kappa shape index (κ3) is 2.54. The first-order valence-corrected chi connectivity index (χ1v) is 6.81. The highest BCUT2D eigenvalue weighted by Crippen LogP contribution is 2.31. The summed E-state index contributed by atoms with van der Waals surface area (Å²) in [6.45, 7) is 9.64. The first-order chi connectivity index (χ1) is 9.96. The molecule has 114 valence electrons. The van der Waals surface area contributed by atoms with Gasteiger partial charge in [0.2, 0.25) is 0 Å². The van der Waals surface area contributed by atoms with Crippen molar-refractivity contribution < 1.29 is 0 Å². The quantitative estimate of drug-likeness (QED) is 0.871. The molecule has 0 atom stereocenters. The number of aryl methyl sites for hydroxylation is 2. The van der Waals surface area contributed by atoms with E-state index in [2.05, 4.69) is 22.1 Å². The summed E-state index contributed by atoms with van der Waals surface area (Å²) in [6, 6.07) is 4.47. The first kappa shape index (κ1) is 17.6. The molecule has 0 aliphatic heterocycles. The number of H-pyrrole nitrogens is 2. The van der Waals surface area contributed by atoms with Crippen LogP contribution < -0.4 is 0 Å². The number of nitrogens with one attached hydrogen (secondary N) is 2. The van der Waals surface area contributed by atoms with Crippen LogP contribution in [0, 0.1) is 50.4 Å². The molecule has 0 saturated heterocycles. The number of nitriles is 2. The molecule has 5 heteroatoms. The minimum Gasteiger partial charge on any atom is -0.357 e. The predicted octanol–water partition coefficient (Wildman–Crippen LogP) is 4.19. The summed E-state index contributed by atoms with van der Waals surface area (Å²) in [6.07, 6.45) is 2.00. The number of rotatable bonds is 2. The summed E-state index contributed by atoms with van der Waals surface area (Å²) in [5, 5.41) is 18.5. The van der Waals surface area contributed by atoms with Crippen molar-refractivity contribution in [3.05, 3.63) is 51.1 Å². The third-order valence-corrected chi connectivity index (χ3v) is 3.93. The highest BCUT2D eigenvalue weighted by Gasteiger charge is 2.20. The molecule has 2 aromatic heterocycles. The van der Waals surface area contributed by atoms with Gasteiger partial charge < -0.3 is 9.97 Å². The standard InChI is InChI=1S/C17H18N4.ClH/c1-6-13(16-9(2)14(7-18)11(4)20-16)17-10(3)15(8-19)12(5)21-17;/h6,20-21H,1-5H3;1H. The van der Waals surface area contributed by atoms with Crippen molar-refractivity contribution in [1.29, 1.82) is 10.5 Å². The van der Waals surface area contributed by atoms with Crippen LogP contribution in [0.5, 0.6) is 0 Å². The lowest BCUT2D eigenvalue weighted by atomic mass is 10.00. The van der Waals surface area contributed by atoms with Crippen LogP contribution in [0.15, 0.2) is 6.08 Å². The topological polar surface area (TPSA) is 79.2 Å². The molecule has 2 heterocycles. The minimum absolute atomic E-state index is 0. The lowest BCUT2D eigenvalue weighted by molar-refractivity contribution is 1.19. The summed E-state index contributed by atoms with van der Waals surface area (Å²) in [7, 11) is 0. The van der Waals surface area contributed by atoms with Gasteiger partial charge in [-0.05, 0) is 45.7 Å². The molecular formula is C17H19ClN4. The van der Waals surface area contributed by atoms with Gasteiger partial charge in [0.15, 0.2) is 0 Å². The van der Waals surface area contributed by atoms with Crippen LogP contribution in [0.1, 0.15) is 52.0 Å². The Morgan fingerprint density at radius 2 is 1.23 bits per heavy atom. The molecule has 0 aliphatic rings. The van der Waals surface area contributed by atoms with E-state index < -0.39 is 0 Å². The molecule has 0 amide bonds. The molecule has 0 spiro atoms. The summed E-state index contributed by atoms with van der Waals surface area (Å²) in [4.78, 5) is 6.59. The largest absolute Gasteiger partial charge is 0.357 e. The van der Waals surface area contributed by atoms with Crippen LogP contribution >= 0.6 is 12.4 Å². The number of allylic oxidation sites excluding steroid dienone is 1. The van der Waals surface area contributed by atoms with Crippen molar-refractivity contribution in [2.45, 2.75) is 34.6 Å². The third-order valence-electron chi connectivity index (χ3n) is 3.93. The fourth-order valence-electron chi connectivity index (χ4n) is 2.79. The maximum atomic E-state index is 9.24. The Labute approximate surface area is 136 Å². The zero-order valence-corrected chi connectivity index (χ0v) is 14.2. The highest BCUT2D eigenvalue weighted by molar-refractivity contribution is 5.85. The van der Waals surface area contributed by atoms with Gasteiger partial charge in [0, 0.05) is 17.0 Å². The Morgan fingerprint density at radius 3 is 1.45 bits per heavy atom. The number of nitrogens with zero attached hydrogens (tertiary/aromatic N) is 2. The molecule has 2 N–H and O–H groups in total. The van der Waals surface area contributed by atoms with Gasteiger partial charge in [0.1, 0.15) is 12.1 Å². The Hall–Kier alpha value is -2.43. The molecule has 0 bridgehead atoms.